The average Bonchev–Trinajstić information content (AvgIpc) is 3.67. The zero-order valence-corrected chi connectivity index (χ0v) is 25.9. The van der Waals surface area contributed by atoms with E-state index in [-0.39, 0.29) is 44.7 Å². The molecule has 0 atom stereocenters. The highest BCUT2D eigenvalue weighted by atomic mass is 16.3. The van der Waals surface area contributed by atoms with Crippen LogP contribution < -0.4 is 0 Å². The molecule has 1 heterocycles. The Morgan fingerprint density at radius 1 is 0.388 bits per heavy atom. The van der Waals surface area contributed by atoms with Gasteiger partial charge in [0, 0.05) is 21.9 Å². The van der Waals surface area contributed by atoms with Crippen molar-refractivity contribution in [1.29, 1.82) is 0 Å². The summed E-state index contributed by atoms with van der Waals surface area (Å²) in [6.45, 7) is 0. The molecule has 0 saturated heterocycles. The van der Waals surface area contributed by atoms with E-state index in [4.69, 9.17) is 16.8 Å². The zero-order chi connectivity index (χ0) is 41.9. The predicted octanol–water partition coefficient (Wildman–Crippen LogP) is 13.7. The quantitative estimate of drug-likeness (QED) is 0.176. The van der Waals surface area contributed by atoms with Crippen molar-refractivity contribution >= 4 is 54.3 Å². The summed E-state index contributed by atoms with van der Waals surface area (Å²) in [6.07, 6.45) is 0. The lowest BCUT2D eigenvalue weighted by Crippen LogP contribution is -1.91. The summed E-state index contributed by atoms with van der Waals surface area (Å²) in [5.74, 6) is 0. The van der Waals surface area contributed by atoms with Crippen LogP contribution >= 0.6 is 0 Å². The fraction of sp³-hybridized carbons (Fsp3) is 0. The standard InChI is InChI=1S/C48H30O/c1-2-13-33(14-3-1)37-20-11-23-44-47(37)43-22-10-21-42(48(43)49-44)46-40-18-8-6-16-38(40)45(39-17-7-9-19-41(39)46)34-27-24-32(25-28-34)36-29-26-31-12-4-5-15-35(31)30-36/h1-30H/i1D,2D,3D,10D,11D,13D,14D,20D,21D,22D,23D. The fourth-order valence-corrected chi connectivity index (χ4v) is 7.12. The van der Waals surface area contributed by atoms with E-state index in [1.165, 1.54) is 5.39 Å². The van der Waals surface area contributed by atoms with Crippen LogP contribution in [0.2, 0.25) is 0 Å². The molecule has 0 aliphatic carbocycles. The second-order valence-corrected chi connectivity index (χ2v) is 12.0. The summed E-state index contributed by atoms with van der Waals surface area (Å²) in [7, 11) is 0. The summed E-state index contributed by atoms with van der Waals surface area (Å²) >= 11 is 0. The zero-order valence-electron chi connectivity index (χ0n) is 36.9. The minimum absolute atomic E-state index is 0.0501. The Balaban J connectivity index is 1.29. The molecule has 0 aliphatic heterocycles. The fourth-order valence-electron chi connectivity index (χ4n) is 7.12. The molecule has 1 aromatic heterocycles. The highest BCUT2D eigenvalue weighted by Crippen LogP contribution is 2.47. The largest absolute Gasteiger partial charge is 0.455 e. The molecule has 0 aliphatic rings. The van der Waals surface area contributed by atoms with E-state index < -0.39 is 60.4 Å². The van der Waals surface area contributed by atoms with Gasteiger partial charge in [-0.2, -0.15) is 0 Å². The van der Waals surface area contributed by atoms with Gasteiger partial charge in [-0.3, -0.25) is 0 Å². The molecule has 0 N–H and O–H groups in total. The molecule has 228 valence electrons. The van der Waals surface area contributed by atoms with Gasteiger partial charge in [0.2, 0.25) is 0 Å². The van der Waals surface area contributed by atoms with E-state index in [0.717, 1.165) is 49.2 Å². The minimum atomic E-state index is -0.657. The lowest BCUT2D eigenvalue weighted by atomic mass is 9.85. The maximum Gasteiger partial charge on any atom is 0.143 e. The molecule has 10 aromatic rings. The number of rotatable bonds is 4. The molecule has 10 rings (SSSR count). The topological polar surface area (TPSA) is 13.1 Å². The van der Waals surface area contributed by atoms with E-state index in [1.807, 2.05) is 60.7 Å². The molecule has 0 saturated carbocycles. The van der Waals surface area contributed by atoms with Gasteiger partial charge in [-0.25, -0.2) is 0 Å². The van der Waals surface area contributed by atoms with Crippen LogP contribution in [0.1, 0.15) is 15.1 Å². The molecule has 0 bridgehead atoms. The number of fused-ring (bicyclic) bond motifs is 6. The highest BCUT2D eigenvalue weighted by molar-refractivity contribution is 6.25. The van der Waals surface area contributed by atoms with E-state index in [1.54, 1.807) is 0 Å². The monoisotopic (exact) mass is 633 g/mol. The molecule has 1 heteroatoms. The van der Waals surface area contributed by atoms with Gasteiger partial charge in [0.15, 0.2) is 0 Å². The predicted molar refractivity (Wildman–Crippen MR) is 208 cm³/mol. The van der Waals surface area contributed by atoms with E-state index in [9.17, 15) is 2.74 Å². The number of furan rings is 1. The molecule has 1 nitrogen and oxygen atoms in total. The minimum Gasteiger partial charge on any atom is -0.455 e. The van der Waals surface area contributed by atoms with Crippen LogP contribution in [0, 0.1) is 0 Å². The molecule has 9 aromatic carbocycles. The number of para-hydroxylation sites is 1. The van der Waals surface area contributed by atoms with E-state index in [2.05, 4.69) is 54.6 Å². The van der Waals surface area contributed by atoms with Crippen LogP contribution in [0.5, 0.6) is 0 Å². The Hall–Kier alpha value is -6.44. The molecule has 0 fully saturated rings. The van der Waals surface area contributed by atoms with Gasteiger partial charge < -0.3 is 4.42 Å². The molecule has 0 radical (unpaired) electrons. The van der Waals surface area contributed by atoms with Gasteiger partial charge >= 0.3 is 0 Å². The Bertz CT molecular complexity index is 3410. The second-order valence-electron chi connectivity index (χ2n) is 12.0. The van der Waals surface area contributed by atoms with Crippen LogP contribution in [-0.4, -0.2) is 0 Å². The van der Waals surface area contributed by atoms with Crippen molar-refractivity contribution in [2.75, 3.05) is 0 Å². The molecular weight excluding hydrogens is 593 g/mol. The van der Waals surface area contributed by atoms with Crippen LogP contribution in [-0.2, 0) is 0 Å². The second kappa shape index (κ2) is 11.1. The van der Waals surface area contributed by atoms with Gasteiger partial charge in [0.1, 0.15) is 11.2 Å². The first kappa shape index (κ1) is 18.8. The van der Waals surface area contributed by atoms with Crippen LogP contribution in [0.15, 0.2) is 186 Å². The third-order valence-electron chi connectivity index (χ3n) is 9.31. The molecule has 0 spiro atoms. The summed E-state index contributed by atoms with van der Waals surface area (Å²) in [6, 6.07) is 32.3. The average molecular weight is 634 g/mol. The normalized spacial score (nSPS) is 14.8. The lowest BCUT2D eigenvalue weighted by Gasteiger charge is -2.18. The maximum absolute atomic E-state index is 9.44. The molecule has 0 unspecified atom stereocenters. The van der Waals surface area contributed by atoms with Crippen molar-refractivity contribution in [1.82, 2.24) is 0 Å². The Morgan fingerprint density at radius 3 is 1.71 bits per heavy atom. The smallest absolute Gasteiger partial charge is 0.143 e. The number of benzene rings is 9. The molecule has 49 heavy (non-hydrogen) atoms. The van der Waals surface area contributed by atoms with Crippen molar-refractivity contribution in [2.45, 2.75) is 0 Å². The Labute approximate surface area is 299 Å². The van der Waals surface area contributed by atoms with Crippen LogP contribution in [0.4, 0.5) is 0 Å². The van der Waals surface area contributed by atoms with Gasteiger partial charge in [-0.1, -0.05) is 170 Å². The summed E-state index contributed by atoms with van der Waals surface area (Å²) in [4.78, 5) is 0. The lowest BCUT2D eigenvalue weighted by molar-refractivity contribution is 0.670. The van der Waals surface area contributed by atoms with Gasteiger partial charge in [-0.05, 0) is 77.8 Å². The highest BCUT2D eigenvalue weighted by Gasteiger charge is 2.21. The van der Waals surface area contributed by atoms with Crippen molar-refractivity contribution in [3.63, 3.8) is 0 Å². The van der Waals surface area contributed by atoms with Gasteiger partial charge in [0.05, 0.1) is 15.1 Å². The van der Waals surface area contributed by atoms with Crippen molar-refractivity contribution in [3.05, 3.63) is 182 Å². The number of hydrogen-bond acceptors (Lipinski definition) is 1. The van der Waals surface area contributed by atoms with Gasteiger partial charge in [-0.15, -0.1) is 0 Å². The summed E-state index contributed by atoms with van der Waals surface area (Å²) < 4.78 is 103. The van der Waals surface area contributed by atoms with E-state index >= 15 is 0 Å². The van der Waals surface area contributed by atoms with Gasteiger partial charge in [0.25, 0.3) is 0 Å². The first-order chi connectivity index (χ1) is 28.9. The van der Waals surface area contributed by atoms with E-state index in [0.29, 0.717) is 5.56 Å². The summed E-state index contributed by atoms with van der Waals surface area (Å²) in [5.41, 5.74) is 3.75. The Morgan fingerprint density at radius 2 is 0.980 bits per heavy atom. The Kier molecular flexibility index (Phi) is 4.25. The molecular formula is C48H30O. The third kappa shape index (κ3) is 4.40. The summed E-state index contributed by atoms with van der Waals surface area (Å²) in [5, 5.41) is 5.27. The van der Waals surface area contributed by atoms with Crippen LogP contribution in [0.3, 0.4) is 0 Å². The van der Waals surface area contributed by atoms with Crippen molar-refractivity contribution < 1.29 is 19.5 Å². The number of hydrogen-bond donors (Lipinski definition) is 0. The van der Waals surface area contributed by atoms with Crippen LogP contribution in [0.25, 0.3) is 98.8 Å². The van der Waals surface area contributed by atoms with Crippen molar-refractivity contribution in [2.24, 2.45) is 0 Å². The SMILES string of the molecule is [2H]c1c([2H])c([2H])c(-c2c([2H])c([2H])c([2H])c3oc4c(-c5c6ccccc6c(-c6ccc(-c7ccc8ccccc8c7)cc6)c6ccccc56)c([2H])c([2H])c([2H])c4c23)c([2H])c1[2H]. The third-order valence-corrected chi connectivity index (χ3v) is 9.31. The van der Waals surface area contributed by atoms with Crippen molar-refractivity contribution in [3.8, 4) is 44.5 Å². The molecule has 0 amide bonds. The first-order valence-electron chi connectivity index (χ1n) is 21.4. The maximum atomic E-state index is 9.44. The first-order valence-corrected chi connectivity index (χ1v) is 15.9.